The quantitative estimate of drug-likeness (QED) is 0.848. The zero-order valence-electron chi connectivity index (χ0n) is 12.2. The van der Waals surface area contributed by atoms with Gasteiger partial charge in [-0.05, 0) is 37.6 Å². The largest absolute Gasteiger partial charge is 0.487 e. The van der Waals surface area contributed by atoms with Gasteiger partial charge in [-0.25, -0.2) is 8.78 Å². The van der Waals surface area contributed by atoms with Crippen molar-refractivity contribution in [2.75, 3.05) is 25.0 Å². The second-order valence-electron chi connectivity index (χ2n) is 5.38. The number of anilines is 1. The topological polar surface area (TPSA) is 50.4 Å². The van der Waals surface area contributed by atoms with Gasteiger partial charge in [0.05, 0.1) is 0 Å². The van der Waals surface area contributed by atoms with Crippen LogP contribution in [0.3, 0.4) is 0 Å². The van der Waals surface area contributed by atoms with Crippen LogP contribution in [0.15, 0.2) is 18.2 Å². The SMILES string of the molecule is Cc1ccc(NC(=O)C(C)C2CNC2)cc1OCC(F)F. The third kappa shape index (κ3) is 4.14. The maximum atomic E-state index is 12.2. The van der Waals surface area contributed by atoms with E-state index < -0.39 is 13.0 Å². The fourth-order valence-corrected chi connectivity index (χ4v) is 2.12. The lowest BCUT2D eigenvalue weighted by atomic mass is 9.88. The van der Waals surface area contributed by atoms with Crippen LogP contribution in [0.1, 0.15) is 12.5 Å². The first kappa shape index (κ1) is 15.7. The van der Waals surface area contributed by atoms with Crippen molar-refractivity contribution >= 4 is 11.6 Å². The molecular formula is C15H20F2N2O2. The highest BCUT2D eigenvalue weighted by Crippen LogP contribution is 2.24. The molecule has 6 heteroatoms. The molecule has 0 spiro atoms. The van der Waals surface area contributed by atoms with Gasteiger partial charge < -0.3 is 15.4 Å². The summed E-state index contributed by atoms with van der Waals surface area (Å²) in [6.45, 7) is 4.72. The lowest BCUT2D eigenvalue weighted by Gasteiger charge is -2.31. The molecule has 0 aromatic heterocycles. The standard InChI is InChI=1S/C15H20F2N2O2/c1-9-3-4-12(5-13(9)21-8-14(16)17)19-15(20)10(2)11-6-18-7-11/h3-5,10-11,14,18H,6-8H2,1-2H3,(H,19,20). The fourth-order valence-electron chi connectivity index (χ4n) is 2.12. The lowest BCUT2D eigenvalue weighted by Crippen LogP contribution is -2.48. The van der Waals surface area contributed by atoms with Crippen molar-refractivity contribution < 1.29 is 18.3 Å². The van der Waals surface area contributed by atoms with E-state index in [1.807, 2.05) is 6.92 Å². The van der Waals surface area contributed by atoms with Crippen molar-refractivity contribution in [2.24, 2.45) is 11.8 Å². The van der Waals surface area contributed by atoms with Crippen molar-refractivity contribution in [2.45, 2.75) is 20.3 Å². The van der Waals surface area contributed by atoms with Gasteiger partial charge >= 0.3 is 0 Å². The molecule has 1 fully saturated rings. The van der Waals surface area contributed by atoms with Gasteiger partial charge in [-0.2, -0.15) is 0 Å². The summed E-state index contributed by atoms with van der Waals surface area (Å²) in [5.74, 6) is 0.569. The van der Waals surface area contributed by atoms with Crippen LogP contribution >= 0.6 is 0 Å². The monoisotopic (exact) mass is 298 g/mol. The lowest BCUT2D eigenvalue weighted by molar-refractivity contribution is -0.121. The minimum atomic E-state index is -2.52. The summed E-state index contributed by atoms with van der Waals surface area (Å²) in [7, 11) is 0. The molecule has 0 saturated carbocycles. The van der Waals surface area contributed by atoms with E-state index in [9.17, 15) is 13.6 Å². The number of halogens is 2. The number of rotatable bonds is 6. The summed E-state index contributed by atoms with van der Waals surface area (Å²) in [6, 6.07) is 5.07. The second kappa shape index (κ2) is 6.85. The van der Waals surface area contributed by atoms with Crippen LogP contribution in [0.5, 0.6) is 5.75 Å². The number of hydrogen-bond donors (Lipinski definition) is 2. The molecule has 1 saturated heterocycles. The molecule has 1 amide bonds. The van der Waals surface area contributed by atoms with E-state index in [-0.39, 0.29) is 11.8 Å². The molecule has 0 bridgehead atoms. The first-order chi connectivity index (χ1) is 9.97. The minimum Gasteiger partial charge on any atom is -0.487 e. The Morgan fingerprint density at radius 1 is 1.48 bits per heavy atom. The zero-order chi connectivity index (χ0) is 15.4. The highest BCUT2D eigenvalue weighted by Gasteiger charge is 2.28. The number of nitrogens with one attached hydrogen (secondary N) is 2. The molecule has 1 atom stereocenters. The Morgan fingerprint density at radius 2 is 2.19 bits per heavy atom. The van der Waals surface area contributed by atoms with Gasteiger partial charge in [0.25, 0.3) is 6.43 Å². The number of ether oxygens (including phenoxy) is 1. The van der Waals surface area contributed by atoms with E-state index in [4.69, 9.17) is 4.74 Å². The number of benzene rings is 1. The van der Waals surface area contributed by atoms with E-state index in [0.717, 1.165) is 18.7 Å². The van der Waals surface area contributed by atoms with Crippen LogP contribution in [0.2, 0.25) is 0 Å². The van der Waals surface area contributed by atoms with Crippen molar-refractivity contribution in [3.63, 3.8) is 0 Å². The highest BCUT2D eigenvalue weighted by molar-refractivity contribution is 5.92. The molecule has 0 radical (unpaired) electrons. The molecule has 1 aliphatic heterocycles. The van der Waals surface area contributed by atoms with E-state index in [2.05, 4.69) is 10.6 Å². The van der Waals surface area contributed by atoms with Crippen LogP contribution in [0, 0.1) is 18.8 Å². The van der Waals surface area contributed by atoms with E-state index in [1.165, 1.54) is 0 Å². The molecule has 1 unspecified atom stereocenters. The Balaban J connectivity index is 1.99. The molecule has 2 N–H and O–H groups in total. The molecule has 116 valence electrons. The molecule has 1 aromatic carbocycles. The number of hydrogen-bond acceptors (Lipinski definition) is 3. The van der Waals surface area contributed by atoms with E-state index in [1.54, 1.807) is 25.1 Å². The van der Waals surface area contributed by atoms with Crippen molar-refractivity contribution in [1.29, 1.82) is 0 Å². The second-order valence-corrected chi connectivity index (χ2v) is 5.38. The van der Waals surface area contributed by atoms with E-state index >= 15 is 0 Å². The third-order valence-electron chi connectivity index (χ3n) is 3.75. The van der Waals surface area contributed by atoms with Gasteiger partial charge in [-0.15, -0.1) is 0 Å². The molecular weight excluding hydrogens is 278 g/mol. The van der Waals surface area contributed by atoms with Gasteiger partial charge in [0.15, 0.2) is 0 Å². The van der Waals surface area contributed by atoms with Crippen molar-refractivity contribution in [3.05, 3.63) is 23.8 Å². The Hall–Kier alpha value is -1.69. The third-order valence-corrected chi connectivity index (χ3v) is 3.75. The summed E-state index contributed by atoms with van der Waals surface area (Å²) < 4.78 is 29.5. The predicted molar refractivity (Wildman–Crippen MR) is 76.8 cm³/mol. The molecule has 1 aliphatic rings. The Morgan fingerprint density at radius 3 is 2.76 bits per heavy atom. The number of amides is 1. The van der Waals surface area contributed by atoms with Crippen LogP contribution in [0.25, 0.3) is 0 Å². The molecule has 1 heterocycles. The molecule has 21 heavy (non-hydrogen) atoms. The van der Waals surface area contributed by atoms with Crippen molar-refractivity contribution in [3.8, 4) is 5.75 Å². The number of carbonyl (C=O) groups is 1. The van der Waals surface area contributed by atoms with Crippen molar-refractivity contribution in [1.82, 2.24) is 5.32 Å². The van der Waals surface area contributed by atoms with Gasteiger partial charge in [0.1, 0.15) is 12.4 Å². The minimum absolute atomic E-state index is 0.0647. The first-order valence-corrected chi connectivity index (χ1v) is 7.00. The van der Waals surface area contributed by atoms with Crippen LogP contribution in [0.4, 0.5) is 14.5 Å². The number of aryl methyl sites for hydroxylation is 1. The Bertz CT molecular complexity index is 504. The summed E-state index contributed by atoms with van der Waals surface area (Å²) >= 11 is 0. The van der Waals surface area contributed by atoms with Crippen LogP contribution in [-0.4, -0.2) is 32.0 Å². The van der Waals surface area contributed by atoms with Gasteiger partial charge in [0.2, 0.25) is 5.91 Å². The Labute approximate surface area is 122 Å². The smallest absolute Gasteiger partial charge is 0.272 e. The molecule has 4 nitrogen and oxygen atoms in total. The van der Waals surface area contributed by atoms with Crippen LogP contribution < -0.4 is 15.4 Å². The molecule has 2 rings (SSSR count). The summed E-state index contributed by atoms with van der Waals surface area (Å²) in [5.41, 5.74) is 1.32. The first-order valence-electron chi connectivity index (χ1n) is 7.00. The fraction of sp³-hybridized carbons (Fsp3) is 0.533. The Kier molecular flexibility index (Phi) is 5.12. The number of alkyl halides is 2. The van der Waals surface area contributed by atoms with Crippen LogP contribution in [-0.2, 0) is 4.79 Å². The van der Waals surface area contributed by atoms with E-state index in [0.29, 0.717) is 17.4 Å². The molecule has 1 aromatic rings. The summed E-state index contributed by atoms with van der Waals surface area (Å²) in [4.78, 5) is 12.1. The zero-order valence-corrected chi connectivity index (χ0v) is 12.2. The average molecular weight is 298 g/mol. The maximum absolute atomic E-state index is 12.2. The predicted octanol–water partition coefficient (Wildman–Crippen LogP) is 2.43. The van der Waals surface area contributed by atoms with Gasteiger partial charge in [0, 0.05) is 17.7 Å². The average Bonchev–Trinajstić information content (AvgIpc) is 2.37. The van der Waals surface area contributed by atoms with Gasteiger partial charge in [-0.1, -0.05) is 13.0 Å². The number of carbonyl (C=O) groups excluding carboxylic acids is 1. The van der Waals surface area contributed by atoms with Gasteiger partial charge in [-0.3, -0.25) is 4.79 Å². The normalized spacial score (nSPS) is 16.4. The summed E-state index contributed by atoms with van der Waals surface area (Å²) in [5, 5.41) is 5.95. The molecule has 0 aliphatic carbocycles. The highest BCUT2D eigenvalue weighted by atomic mass is 19.3. The maximum Gasteiger partial charge on any atom is 0.272 e. The summed E-state index contributed by atoms with van der Waals surface area (Å²) in [6.07, 6.45) is -2.52.